The second kappa shape index (κ2) is 25.8. The number of alkyl carbamates (subject to hydrolysis) is 3. The molecule has 4 heterocycles. The Morgan fingerprint density at radius 2 is 0.933 bits per heavy atom. The molecule has 342 valence electrons. The molecule has 3 N–H and O–H groups in total. The molecule has 1 aromatic rings. The van der Waals surface area contributed by atoms with Crippen molar-refractivity contribution in [2.75, 3.05) is 65.4 Å². The maximum absolute atomic E-state index is 13.7. The van der Waals surface area contributed by atoms with Gasteiger partial charge in [0, 0.05) is 96.7 Å². The van der Waals surface area contributed by atoms with Gasteiger partial charge in [-0.15, -0.1) is 0 Å². The molecule has 1 aromatic heterocycles. The summed E-state index contributed by atoms with van der Waals surface area (Å²) in [5, 5.41) is 8.45. The second-order valence-corrected chi connectivity index (χ2v) is 17.2. The Hall–Kier alpha value is -3.90. The molecule has 18 heteroatoms. The van der Waals surface area contributed by atoms with Crippen LogP contribution in [0.15, 0.2) is 19.0 Å². The second-order valence-electron chi connectivity index (χ2n) is 17.2. The van der Waals surface area contributed by atoms with E-state index in [2.05, 4.69) is 56.4 Å². The summed E-state index contributed by atoms with van der Waals surface area (Å²) in [4.78, 5) is 74.4. The minimum atomic E-state index is -0.724. The number of ether oxygens (including phenoxy) is 3. The Bertz CT molecular complexity index is 1670. The molecular formula is C42H75N9O9. The number of aromatic nitrogens is 2. The van der Waals surface area contributed by atoms with Crippen molar-refractivity contribution in [3.05, 3.63) is 26.7 Å². The van der Waals surface area contributed by atoms with Gasteiger partial charge >= 0.3 is 35.4 Å². The molecule has 0 aliphatic carbocycles. The van der Waals surface area contributed by atoms with E-state index in [1.807, 2.05) is 20.8 Å². The lowest BCUT2D eigenvalue weighted by Gasteiger charge is -2.14. The summed E-state index contributed by atoms with van der Waals surface area (Å²) in [6.07, 6.45) is 7.59. The van der Waals surface area contributed by atoms with E-state index in [-0.39, 0.29) is 30.5 Å². The van der Waals surface area contributed by atoms with Crippen LogP contribution in [0, 0.1) is 0 Å². The molecule has 0 saturated carbocycles. The number of nitrogens with zero attached hydrogens (tertiary/aromatic N) is 6. The first kappa shape index (κ1) is 48.8. The predicted molar refractivity (Wildman–Crippen MR) is 228 cm³/mol. The van der Waals surface area contributed by atoms with Crippen molar-refractivity contribution in [1.82, 2.24) is 39.8 Å². The Balaban J connectivity index is 1.17. The number of carbonyl (C=O) groups excluding carboxylic acids is 3. The predicted octanol–water partition coefficient (Wildman–Crippen LogP) is 3.64. The van der Waals surface area contributed by atoms with E-state index < -0.39 is 29.7 Å². The Morgan fingerprint density at radius 1 is 0.583 bits per heavy atom. The van der Waals surface area contributed by atoms with Gasteiger partial charge < -0.3 is 34.6 Å². The third-order valence-corrected chi connectivity index (χ3v) is 11.2. The third-order valence-electron chi connectivity index (χ3n) is 11.2. The quantitative estimate of drug-likeness (QED) is 0.0580. The molecule has 0 bridgehead atoms. The first-order valence-corrected chi connectivity index (χ1v) is 22.7. The molecule has 3 fully saturated rings. The number of hydrogen-bond donors (Lipinski definition) is 3. The molecule has 60 heavy (non-hydrogen) atoms. The molecule has 3 aliphatic rings. The van der Waals surface area contributed by atoms with E-state index >= 15 is 0 Å². The maximum atomic E-state index is 13.7. The summed E-state index contributed by atoms with van der Waals surface area (Å²) in [5.74, 6) is -0.724. The van der Waals surface area contributed by atoms with E-state index in [0.717, 1.165) is 108 Å². The Morgan fingerprint density at radius 3 is 1.32 bits per heavy atom. The van der Waals surface area contributed by atoms with E-state index in [9.17, 15) is 24.0 Å². The van der Waals surface area contributed by atoms with Crippen molar-refractivity contribution in [3.63, 3.8) is 0 Å². The SMILES string of the molecule is CC(CN1CC1C)OC(=O)NCCCCCC/N=c1\oc(=O)n(CCCCCCNC(=O)OC(C)CN2CC2C)c(=O)n1CCCCCCNC(=O)OC(C)CN1CC1C. The lowest BCUT2D eigenvalue weighted by atomic mass is 10.2. The number of nitrogens with one attached hydrogen (secondary N) is 3. The summed E-state index contributed by atoms with van der Waals surface area (Å²) >= 11 is 0. The van der Waals surface area contributed by atoms with Crippen molar-refractivity contribution < 1.29 is 33.0 Å². The fourth-order valence-corrected chi connectivity index (χ4v) is 7.24. The van der Waals surface area contributed by atoms with E-state index in [4.69, 9.17) is 18.6 Å². The van der Waals surface area contributed by atoms with E-state index in [1.54, 1.807) is 0 Å². The Kier molecular flexibility index (Phi) is 20.9. The number of amides is 3. The third kappa shape index (κ3) is 19.2. The van der Waals surface area contributed by atoms with Crippen LogP contribution in [0.25, 0.3) is 0 Å². The Labute approximate surface area is 355 Å². The van der Waals surface area contributed by atoms with Crippen molar-refractivity contribution in [3.8, 4) is 0 Å². The first-order valence-electron chi connectivity index (χ1n) is 22.7. The molecule has 0 radical (unpaired) electrons. The van der Waals surface area contributed by atoms with Crippen LogP contribution in [0.2, 0.25) is 0 Å². The molecule has 9 atom stereocenters. The summed E-state index contributed by atoms with van der Waals surface area (Å²) in [6, 6.07) is 1.69. The zero-order valence-corrected chi connectivity index (χ0v) is 37.3. The van der Waals surface area contributed by atoms with Crippen molar-refractivity contribution in [1.29, 1.82) is 0 Å². The van der Waals surface area contributed by atoms with Crippen LogP contribution in [0.5, 0.6) is 0 Å². The van der Waals surface area contributed by atoms with Gasteiger partial charge in [0.2, 0.25) is 0 Å². The number of hydrogen-bond acceptors (Lipinski definition) is 13. The van der Waals surface area contributed by atoms with Crippen LogP contribution in [0.1, 0.15) is 119 Å². The van der Waals surface area contributed by atoms with Gasteiger partial charge in [-0.3, -0.25) is 14.7 Å². The van der Waals surface area contributed by atoms with Crippen LogP contribution in [-0.2, 0) is 27.3 Å². The van der Waals surface area contributed by atoms with Gasteiger partial charge in [0.05, 0.1) is 0 Å². The fourth-order valence-electron chi connectivity index (χ4n) is 7.24. The highest BCUT2D eigenvalue weighted by molar-refractivity contribution is 5.68. The summed E-state index contributed by atoms with van der Waals surface area (Å²) in [6.45, 7) is 20.0. The number of rotatable bonds is 30. The zero-order chi connectivity index (χ0) is 43.4. The monoisotopic (exact) mass is 850 g/mol. The maximum Gasteiger partial charge on any atom is 0.425 e. The highest BCUT2D eigenvalue weighted by Gasteiger charge is 2.32. The van der Waals surface area contributed by atoms with Gasteiger partial charge in [0.15, 0.2) is 0 Å². The number of unbranched alkanes of at least 4 members (excludes halogenated alkanes) is 9. The molecule has 18 nitrogen and oxygen atoms in total. The molecule has 3 aliphatic heterocycles. The van der Waals surface area contributed by atoms with Gasteiger partial charge in [0.1, 0.15) is 18.3 Å². The largest absolute Gasteiger partial charge is 0.445 e. The highest BCUT2D eigenvalue weighted by atomic mass is 16.6. The highest BCUT2D eigenvalue weighted by Crippen LogP contribution is 2.18. The smallest absolute Gasteiger partial charge is 0.425 e. The van der Waals surface area contributed by atoms with Crippen molar-refractivity contribution in [2.24, 2.45) is 4.99 Å². The molecule has 3 amide bonds. The summed E-state index contributed by atoms with van der Waals surface area (Å²) in [7, 11) is 0. The van der Waals surface area contributed by atoms with E-state index in [0.29, 0.717) is 63.7 Å². The van der Waals surface area contributed by atoms with Gasteiger partial charge in [-0.25, -0.2) is 38.1 Å². The van der Waals surface area contributed by atoms with Crippen LogP contribution >= 0.6 is 0 Å². The summed E-state index contributed by atoms with van der Waals surface area (Å²) < 4.78 is 24.5. The van der Waals surface area contributed by atoms with Gasteiger partial charge in [-0.2, -0.15) is 0 Å². The van der Waals surface area contributed by atoms with Gasteiger partial charge in [-0.1, -0.05) is 38.5 Å². The topological polar surface area (TPSA) is 194 Å². The number of carbonyl (C=O) groups is 3. The minimum absolute atomic E-state index is 0.0308. The average molecular weight is 850 g/mol. The average Bonchev–Trinajstić information content (AvgIpc) is 4.15. The standard InChI is InChI=1S/C42H75N9O9/c1-31-25-47(31)28-34(4)57-38(52)44-20-14-8-7-13-19-43-37-50(23-17-11-9-15-21-45-39(53)58-35(5)29-48-26-32(48)2)41(55)51(42(56)60-37)24-18-12-10-16-22-46-40(54)59-36(6)30-49-27-33(49)3/h31-36H,7-30H2,1-6H3,(H,44,52)(H,45,53)(H,46,54)/b43-37-. The van der Waals surface area contributed by atoms with Crippen LogP contribution < -0.4 is 33.1 Å². The zero-order valence-electron chi connectivity index (χ0n) is 37.3. The van der Waals surface area contributed by atoms with Crippen LogP contribution in [0.3, 0.4) is 0 Å². The first-order chi connectivity index (χ1) is 28.8. The molecule has 9 unspecified atom stereocenters. The van der Waals surface area contributed by atoms with Gasteiger partial charge in [0.25, 0.3) is 0 Å². The molecular weight excluding hydrogens is 775 g/mol. The normalized spacial score (nSPS) is 23.3. The van der Waals surface area contributed by atoms with Crippen molar-refractivity contribution in [2.45, 2.75) is 168 Å². The molecule has 4 rings (SSSR count). The lowest BCUT2D eigenvalue weighted by Crippen LogP contribution is -2.47. The van der Waals surface area contributed by atoms with Crippen LogP contribution in [0.4, 0.5) is 14.4 Å². The van der Waals surface area contributed by atoms with E-state index in [1.165, 1.54) is 4.57 Å². The molecule has 3 saturated heterocycles. The summed E-state index contributed by atoms with van der Waals surface area (Å²) in [5.41, 5.74) is -0.407. The molecule has 0 aromatic carbocycles. The van der Waals surface area contributed by atoms with Gasteiger partial charge in [-0.05, 0) is 80.1 Å². The van der Waals surface area contributed by atoms with Crippen LogP contribution in [-0.4, -0.2) is 144 Å². The fraction of sp³-hybridized carbons (Fsp3) is 0.857. The minimum Gasteiger partial charge on any atom is -0.445 e. The van der Waals surface area contributed by atoms with Crippen molar-refractivity contribution >= 4 is 18.3 Å². The lowest BCUT2D eigenvalue weighted by molar-refractivity contribution is 0.0964. The molecule has 0 spiro atoms.